The van der Waals surface area contributed by atoms with Crippen molar-refractivity contribution in [3.8, 4) is 0 Å². The first-order valence-corrected chi connectivity index (χ1v) is 10.5. The van der Waals surface area contributed by atoms with Crippen LogP contribution in [0.25, 0.3) is 21.9 Å². The Morgan fingerprint density at radius 3 is 2.38 bits per heavy atom. The maximum Gasteiger partial charge on any atom is 0.291 e. The number of aryl methyl sites for hydroxylation is 2. The van der Waals surface area contributed by atoms with E-state index in [0.29, 0.717) is 21.9 Å². The maximum atomic E-state index is 13.3. The second kappa shape index (κ2) is 8.12. The minimum Gasteiger partial charge on any atom is -0.450 e. The molecule has 1 N–H and O–H groups in total. The van der Waals surface area contributed by atoms with Crippen LogP contribution < -0.4 is 10.7 Å². The van der Waals surface area contributed by atoms with Crippen LogP contribution in [-0.2, 0) is 0 Å². The molecule has 5 rings (SSSR count). The van der Waals surface area contributed by atoms with Crippen molar-refractivity contribution in [3.05, 3.63) is 111 Å². The van der Waals surface area contributed by atoms with Gasteiger partial charge in [0.05, 0.1) is 11.1 Å². The minimum absolute atomic E-state index is 0.115. The number of rotatable bonds is 4. The minimum atomic E-state index is -0.710. The number of hydrogen-bond donors (Lipinski definition) is 1. The Kier molecular flexibility index (Phi) is 5.09. The van der Waals surface area contributed by atoms with Gasteiger partial charge in [0.1, 0.15) is 17.0 Å². The molecule has 7 heteroatoms. The van der Waals surface area contributed by atoms with Crippen LogP contribution >= 0.6 is 0 Å². The summed E-state index contributed by atoms with van der Waals surface area (Å²) in [7, 11) is 0. The number of para-hydroxylation sites is 1. The second-order valence-corrected chi connectivity index (χ2v) is 8.03. The molecule has 0 aliphatic carbocycles. The summed E-state index contributed by atoms with van der Waals surface area (Å²) in [5.41, 5.74) is 2.32. The van der Waals surface area contributed by atoms with Crippen LogP contribution in [0.5, 0.6) is 0 Å². The zero-order valence-electron chi connectivity index (χ0n) is 18.3. The highest BCUT2D eigenvalue weighted by molar-refractivity contribution is 6.18. The molecule has 0 unspecified atom stereocenters. The highest BCUT2D eigenvalue weighted by Crippen LogP contribution is 2.33. The van der Waals surface area contributed by atoms with Crippen LogP contribution in [-0.4, -0.2) is 11.7 Å². The lowest BCUT2D eigenvalue weighted by Crippen LogP contribution is -2.17. The predicted octanol–water partition coefficient (Wildman–Crippen LogP) is 5.78. The van der Waals surface area contributed by atoms with Crippen molar-refractivity contribution < 1.29 is 22.8 Å². The highest BCUT2D eigenvalue weighted by atomic mass is 19.1. The van der Waals surface area contributed by atoms with Gasteiger partial charge in [-0.15, -0.1) is 0 Å². The standard InChI is InChI=1S/C27H18FNO5/c1-14-11-15(2)25-19(12-14)20(30)13-22(34-25)27(32)29-23-18-5-3-4-6-21(18)33-26(23)24(31)16-7-9-17(28)10-8-16/h3-13H,1-2H3,(H,29,32). The van der Waals surface area contributed by atoms with Gasteiger partial charge in [0.2, 0.25) is 5.78 Å². The van der Waals surface area contributed by atoms with Gasteiger partial charge < -0.3 is 14.2 Å². The summed E-state index contributed by atoms with van der Waals surface area (Å²) < 4.78 is 24.9. The number of anilines is 1. The van der Waals surface area contributed by atoms with Gasteiger partial charge in [-0.2, -0.15) is 0 Å². The first-order valence-electron chi connectivity index (χ1n) is 10.5. The van der Waals surface area contributed by atoms with Gasteiger partial charge in [0, 0.05) is 17.0 Å². The van der Waals surface area contributed by atoms with E-state index in [0.717, 1.165) is 17.2 Å². The highest BCUT2D eigenvalue weighted by Gasteiger charge is 2.25. The zero-order valence-corrected chi connectivity index (χ0v) is 18.3. The van der Waals surface area contributed by atoms with Crippen molar-refractivity contribution in [1.29, 1.82) is 0 Å². The van der Waals surface area contributed by atoms with Crippen LogP contribution in [0, 0.1) is 19.7 Å². The average molecular weight is 455 g/mol. The molecule has 0 aliphatic heterocycles. The number of fused-ring (bicyclic) bond motifs is 2. The smallest absolute Gasteiger partial charge is 0.291 e. The van der Waals surface area contributed by atoms with E-state index in [4.69, 9.17) is 8.83 Å². The Morgan fingerprint density at radius 2 is 1.62 bits per heavy atom. The quantitative estimate of drug-likeness (QED) is 0.347. The van der Waals surface area contributed by atoms with E-state index < -0.39 is 17.5 Å². The van der Waals surface area contributed by atoms with Crippen molar-refractivity contribution in [2.75, 3.05) is 5.32 Å². The van der Waals surface area contributed by atoms with Crippen LogP contribution in [0.3, 0.4) is 0 Å². The van der Waals surface area contributed by atoms with Gasteiger partial charge >= 0.3 is 0 Å². The number of carbonyl (C=O) groups excluding carboxylic acids is 2. The Bertz CT molecular complexity index is 1660. The largest absolute Gasteiger partial charge is 0.450 e. The number of furan rings is 1. The lowest BCUT2D eigenvalue weighted by molar-refractivity contribution is 0.0997. The molecule has 6 nitrogen and oxygen atoms in total. The van der Waals surface area contributed by atoms with Gasteiger partial charge in [-0.05, 0) is 67.4 Å². The second-order valence-electron chi connectivity index (χ2n) is 8.03. The summed E-state index contributed by atoms with van der Waals surface area (Å²) >= 11 is 0. The normalized spacial score (nSPS) is 11.1. The number of ketones is 1. The van der Waals surface area contributed by atoms with E-state index in [1.807, 2.05) is 13.0 Å². The number of benzene rings is 3. The Balaban J connectivity index is 1.59. The molecular weight excluding hydrogens is 437 g/mol. The topological polar surface area (TPSA) is 89.5 Å². The summed E-state index contributed by atoms with van der Waals surface area (Å²) in [5.74, 6) is -2.03. The lowest BCUT2D eigenvalue weighted by Gasteiger charge is -2.08. The predicted molar refractivity (Wildman–Crippen MR) is 126 cm³/mol. The van der Waals surface area contributed by atoms with Crippen molar-refractivity contribution in [2.24, 2.45) is 0 Å². The molecule has 2 aromatic heterocycles. The Morgan fingerprint density at radius 1 is 0.882 bits per heavy atom. The molecular formula is C27H18FNO5. The van der Waals surface area contributed by atoms with Gasteiger partial charge in [-0.3, -0.25) is 14.4 Å². The molecule has 0 saturated heterocycles. The molecule has 0 saturated carbocycles. The zero-order chi connectivity index (χ0) is 24.0. The number of amides is 1. The molecule has 0 atom stereocenters. The average Bonchev–Trinajstić information content (AvgIpc) is 3.18. The van der Waals surface area contributed by atoms with Crippen LogP contribution in [0.2, 0.25) is 0 Å². The number of halogens is 1. The van der Waals surface area contributed by atoms with Crippen LogP contribution in [0.4, 0.5) is 10.1 Å². The fourth-order valence-corrected chi connectivity index (χ4v) is 3.96. The van der Waals surface area contributed by atoms with Gasteiger partial charge in [0.25, 0.3) is 5.91 Å². The summed E-state index contributed by atoms with van der Waals surface area (Å²) in [6, 6.07) is 16.5. The fraction of sp³-hybridized carbons (Fsp3) is 0.0741. The van der Waals surface area contributed by atoms with Gasteiger partial charge in [-0.25, -0.2) is 4.39 Å². The van der Waals surface area contributed by atoms with Crippen molar-refractivity contribution in [3.63, 3.8) is 0 Å². The van der Waals surface area contributed by atoms with Crippen molar-refractivity contribution in [2.45, 2.75) is 13.8 Å². The molecule has 0 aliphatic rings. The Labute approximate surface area is 192 Å². The monoisotopic (exact) mass is 455 g/mol. The number of hydrogen-bond acceptors (Lipinski definition) is 5. The third-order valence-electron chi connectivity index (χ3n) is 5.53. The summed E-state index contributed by atoms with van der Waals surface area (Å²) in [6.45, 7) is 3.67. The van der Waals surface area contributed by atoms with Gasteiger partial charge in [0.15, 0.2) is 16.9 Å². The number of carbonyl (C=O) groups is 2. The maximum absolute atomic E-state index is 13.3. The first kappa shape index (κ1) is 21.3. The van der Waals surface area contributed by atoms with E-state index >= 15 is 0 Å². The Hall–Kier alpha value is -4.52. The molecule has 3 aromatic carbocycles. The van der Waals surface area contributed by atoms with Crippen LogP contribution in [0.1, 0.15) is 37.8 Å². The third kappa shape index (κ3) is 3.67. The molecule has 0 fully saturated rings. The molecule has 0 bridgehead atoms. The molecule has 34 heavy (non-hydrogen) atoms. The van der Waals surface area contributed by atoms with Crippen molar-refractivity contribution in [1.82, 2.24) is 0 Å². The SMILES string of the molecule is Cc1cc(C)c2oc(C(=O)Nc3c(C(=O)c4ccc(F)cc4)oc4ccccc34)cc(=O)c2c1. The first-order chi connectivity index (χ1) is 16.3. The van der Waals surface area contributed by atoms with E-state index in [-0.39, 0.29) is 28.2 Å². The van der Waals surface area contributed by atoms with E-state index in [2.05, 4.69) is 5.32 Å². The summed E-state index contributed by atoms with van der Waals surface area (Å²) in [6.07, 6.45) is 0. The lowest BCUT2D eigenvalue weighted by atomic mass is 10.1. The molecule has 0 spiro atoms. The summed E-state index contributed by atoms with van der Waals surface area (Å²) in [4.78, 5) is 38.9. The molecule has 2 heterocycles. The van der Waals surface area contributed by atoms with E-state index in [1.165, 1.54) is 24.3 Å². The molecule has 168 valence electrons. The van der Waals surface area contributed by atoms with Crippen molar-refractivity contribution >= 4 is 39.3 Å². The fourth-order valence-electron chi connectivity index (χ4n) is 3.96. The van der Waals surface area contributed by atoms with E-state index in [9.17, 15) is 18.8 Å². The van der Waals surface area contributed by atoms with Crippen LogP contribution in [0.15, 0.2) is 80.4 Å². The van der Waals surface area contributed by atoms with E-state index in [1.54, 1.807) is 37.3 Å². The number of nitrogens with one attached hydrogen (secondary N) is 1. The molecule has 5 aromatic rings. The summed E-state index contributed by atoms with van der Waals surface area (Å²) in [5, 5.41) is 3.56. The van der Waals surface area contributed by atoms with Gasteiger partial charge in [-0.1, -0.05) is 18.2 Å². The molecule has 0 radical (unpaired) electrons. The third-order valence-corrected chi connectivity index (χ3v) is 5.53. The molecule has 1 amide bonds.